The van der Waals surface area contributed by atoms with Gasteiger partial charge in [0, 0.05) is 18.3 Å². The largest absolute Gasteiger partial charge is 0.299 e. The molecule has 72 valence electrons. The molecule has 0 aliphatic carbocycles. The molecule has 1 unspecified atom stereocenters. The SMILES string of the molecule is N#CC1(Cc2ccccn2)CCCN1. The van der Waals surface area contributed by atoms with Crippen LogP contribution in [0, 0.1) is 11.3 Å². The van der Waals surface area contributed by atoms with Crippen molar-refractivity contribution in [1.29, 1.82) is 5.26 Å². The molecule has 1 saturated heterocycles. The van der Waals surface area contributed by atoms with Crippen LogP contribution in [0.3, 0.4) is 0 Å². The number of nitriles is 1. The van der Waals surface area contributed by atoms with Crippen molar-refractivity contribution in [2.45, 2.75) is 24.8 Å². The molecule has 3 heteroatoms. The topological polar surface area (TPSA) is 48.7 Å². The van der Waals surface area contributed by atoms with Gasteiger partial charge in [0.15, 0.2) is 0 Å². The van der Waals surface area contributed by atoms with Crippen LogP contribution in [0.4, 0.5) is 0 Å². The summed E-state index contributed by atoms with van der Waals surface area (Å²) in [5.41, 5.74) is 0.623. The van der Waals surface area contributed by atoms with Gasteiger partial charge in [-0.25, -0.2) is 0 Å². The second-order valence-corrected chi connectivity index (χ2v) is 3.72. The predicted molar refractivity (Wildman–Crippen MR) is 53.5 cm³/mol. The molecule has 0 aromatic carbocycles. The molecular formula is C11H13N3. The highest BCUT2D eigenvalue weighted by Crippen LogP contribution is 2.22. The Balaban J connectivity index is 2.13. The number of pyridine rings is 1. The molecule has 1 fully saturated rings. The lowest BCUT2D eigenvalue weighted by Crippen LogP contribution is -2.40. The van der Waals surface area contributed by atoms with Gasteiger partial charge in [-0.15, -0.1) is 0 Å². The monoisotopic (exact) mass is 187 g/mol. The van der Waals surface area contributed by atoms with Gasteiger partial charge in [-0.1, -0.05) is 6.07 Å². The summed E-state index contributed by atoms with van der Waals surface area (Å²) in [6, 6.07) is 8.20. The molecule has 1 aliphatic rings. The summed E-state index contributed by atoms with van der Waals surface area (Å²) >= 11 is 0. The Morgan fingerprint density at radius 1 is 1.57 bits per heavy atom. The zero-order valence-electron chi connectivity index (χ0n) is 8.03. The van der Waals surface area contributed by atoms with Crippen LogP contribution >= 0.6 is 0 Å². The minimum Gasteiger partial charge on any atom is -0.299 e. The molecule has 0 bridgehead atoms. The third-order valence-electron chi connectivity index (χ3n) is 2.67. The van der Waals surface area contributed by atoms with Crippen LogP contribution in [0.15, 0.2) is 24.4 Å². The Hall–Kier alpha value is -1.40. The third-order valence-corrected chi connectivity index (χ3v) is 2.67. The molecule has 3 nitrogen and oxygen atoms in total. The van der Waals surface area contributed by atoms with E-state index in [0.29, 0.717) is 6.42 Å². The first-order chi connectivity index (χ1) is 6.85. The normalized spacial score (nSPS) is 25.9. The fourth-order valence-corrected chi connectivity index (χ4v) is 1.90. The Kier molecular flexibility index (Phi) is 2.47. The van der Waals surface area contributed by atoms with E-state index in [1.165, 1.54) is 0 Å². The molecular weight excluding hydrogens is 174 g/mol. The van der Waals surface area contributed by atoms with Crippen LogP contribution in [-0.4, -0.2) is 17.1 Å². The number of hydrogen-bond acceptors (Lipinski definition) is 3. The van der Waals surface area contributed by atoms with Crippen molar-refractivity contribution in [2.24, 2.45) is 0 Å². The van der Waals surface area contributed by atoms with Crippen molar-refractivity contribution < 1.29 is 0 Å². The molecule has 1 aliphatic heterocycles. The zero-order valence-corrected chi connectivity index (χ0v) is 8.03. The van der Waals surface area contributed by atoms with Crippen molar-refractivity contribution in [2.75, 3.05) is 6.54 Å². The standard InChI is InChI=1S/C11H13N3/c12-9-11(5-3-7-14-11)8-10-4-1-2-6-13-10/h1-2,4,6,14H,3,5,7-8H2. The quantitative estimate of drug-likeness (QED) is 0.758. The van der Waals surface area contributed by atoms with E-state index in [0.717, 1.165) is 25.1 Å². The summed E-state index contributed by atoms with van der Waals surface area (Å²) < 4.78 is 0. The number of aromatic nitrogens is 1. The van der Waals surface area contributed by atoms with Gasteiger partial charge in [-0.3, -0.25) is 10.3 Å². The van der Waals surface area contributed by atoms with Crippen molar-refractivity contribution in [3.63, 3.8) is 0 Å². The molecule has 0 saturated carbocycles. The summed E-state index contributed by atoms with van der Waals surface area (Å²) in [5, 5.41) is 12.4. The lowest BCUT2D eigenvalue weighted by atomic mass is 9.93. The number of nitrogens with one attached hydrogen (secondary N) is 1. The molecule has 1 aromatic rings. The van der Waals surface area contributed by atoms with Crippen LogP contribution in [-0.2, 0) is 6.42 Å². The predicted octanol–water partition coefficient (Wildman–Crippen LogP) is 1.27. The van der Waals surface area contributed by atoms with Crippen molar-refractivity contribution in [3.8, 4) is 6.07 Å². The van der Waals surface area contributed by atoms with Crippen LogP contribution in [0.2, 0.25) is 0 Å². The van der Waals surface area contributed by atoms with Crippen molar-refractivity contribution in [1.82, 2.24) is 10.3 Å². The minimum atomic E-state index is -0.367. The lowest BCUT2D eigenvalue weighted by molar-refractivity contribution is 0.475. The maximum Gasteiger partial charge on any atom is 0.112 e. The maximum absolute atomic E-state index is 9.14. The highest BCUT2D eigenvalue weighted by Gasteiger charge is 2.33. The van der Waals surface area contributed by atoms with Gasteiger partial charge in [-0.05, 0) is 31.5 Å². The molecule has 1 N–H and O–H groups in total. The number of rotatable bonds is 2. The fourth-order valence-electron chi connectivity index (χ4n) is 1.90. The van der Waals surface area contributed by atoms with E-state index in [1.54, 1.807) is 6.20 Å². The lowest BCUT2D eigenvalue weighted by Gasteiger charge is -2.19. The minimum absolute atomic E-state index is 0.367. The average molecular weight is 187 g/mol. The first-order valence-corrected chi connectivity index (χ1v) is 4.91. The van der Waals surface area contributed by atoms with Crippen LogP contribution in [0.25, 0.3) is 0 Å². The highest BCUT2D eigenvalue weighted by molar-refractivity contribution is 5.18. The Labute approximate surface area is 83.8 Å². The van der Waals surface area contributed by atoms with E-state index in [4.69, 9.17) is 5.26 Å². The maximum atomic E-state index is 9.14. The van der Waals surface area contributed by atoms with Gasteiger partial charge in [0.1, 0.15) is 5.54 Å². The first-order valence-electron chi connectivity index (χ1n) is 4.91. The van der Waals surface area contributed by atoms with Crippen molar-refractivity contribution >= 4 is 0 Å². The zero-order chi connectivity index (χ0) is 9.86. The van der Waals surface area contributed by atoms with Gasteiger partial charge < -0.3 is 0 Å². The Morgan fingerprint density at radius 2 is 2.50 bits per heavy atom. The number of nitrogens with zero attached hydrogens (tertiary/aromatic N) is 2. The van der Waals surface area contributed by atoms with Crippen molar-refractivity contribution in [3.05, 3.63) is 30.1 Å². The summed E-state index contributed by atoms with van der Waals surface area (Å²) in [7, 11) is 0. The summed E-state index contributed by atoms with van der Waals surface area (Å²) in [6.45, 7) is 0.945. The molecule has 1 aromatic heterocycles. The number of hydrogen-bond donors (Lipinski definition) is 1. The second kappa shape index (κ2) is 3.77. The Morgan fingerprint density at radius 3 is 3.07 bits per heavy atom. The van der Waals surface area contributed by atoms with E-state index < -0.39 is 0 Å². The van der Waals surface area contributed by atoms with Gasteiger partial charge >= 0.3 is 0 Å². The first kappa shape index (κ1) is 9.17. The van der Waals surface area contributed by atoms with Crippen LogP contribution < -0.4 is 5.32 Å². The summed E-state index contributed by atoms with van der Waals surface area (Å²) in [6.07, 6.45) is 4.50. The Bertz CT molecular complexity index is 333. The molecule has 14 heavy (non-hydrogen) atoms. The van der Waals surface area contributed by atoms with E-state index in [1.807, 2.05) is 18.2 Å². The van der Waals surface area contributed by atoms with E-state index in [-0.39, 0.29) is 5.54 Å². The van der Waals surface area contributed by atoms with Gasteiger partial charge in [0.2, 0.25) is 0 Å². The van der Waals surface area contributed by atoms with Crippen LogP contribution in [0.1, 0.15) is 18.5 Å². The van der Waals surface area contributed by atoms with Gasteiger partial charge in [0.05, 0.1) is 6.07 Å². The summed E-state index contributed by atoms with van der Waals surface area (Å²) in [4.78, 5) is 4.24. The van der Waals surface area contributed by atoms with Gasteiger partial charge in [0.25, 0.3) is 0 Å². The molecule has 0 amide bonds. The third kappa shape index (κ3) is 1.75. The van der Waals surface area contributed by atoms with E-state index in [9.17, 15) is 0 Å². The molecule has 1 atom stereocenters. The molecule has 0 radical (unpaired) electrons. The second-order valence-electron chi connectivity index (χ2n) is 3.72. The summed E-state index contributed by atoms with van der Waals surface area (Å²) in [5.74, 6) is 0. The molecule has 2 rings (SSSR count). The average Bonchev–Trinajstić information content (AvgIpc) is 2.69. The smallest absolute Gasteiger partial charge is 0.112 e. The highest BCUT2D eigenvalue weighted by atomic mass is 15.0. The van der Waals surface area contributed by atoms with Gasteiger partial charge in [-0.2, -0.15) is 5.26 Å². The molecule has 2 heterocycles. The van der Waals surface area contributed by atoms with Crippen LogP contribution in [0.5, 0.6) is 0 Å². The fraction of sp³-hybridized carbons (Fsp3) is 0.455. The molecule has 0 spiro atoms. The van der Waals surface area contributed by atoms with E-state index in [2.05, 4.69) is 16.4 Å². The van der Waals surface area contributed by atoms with E-state index >= 15 is 0 Å².